The highest BCUT2D eigenvalue weighted by Gasteiger charge is 2.25. The van der Waals surface area contributed by atoms with Crippen molar-refractivity contribution < 1.29 is 8.42 Å². The Kier molecular flexibility index (Phi) is 5.10. The normalized spacial score (nSPS) is 16.0. The summed E-state index contributed by atoms with van der Waals surface area (Å²) in [6.07, 6.45) is 8.36. The first-order valence-electron chi connectivity index (χ1n) is 9.98. The van der Waals surface area contributed by atoms with E-state index in [9.17, 15) is 8.42 Å². The summed E-state index contributed by atoms with van der Waals surface area (Å²) >= 11 is 0. The van der Waals surface area contributed by atoms with Crippen LogP contribution in [0.5, 0.6) is 0 Å². The van der Waals surface area contributed by atoms with E-state index in [2.05, 4.69) is 28.5 Å². The SMILES string of the molecule is CC(C1CCCC1)n1cc(-c2ccc(C#N)cc2)c2ccc(NS(C)(=O)=O)cc21. The van der Waals surface area contributed by atoms with Crippen molar-refractivity contribution in [3.05, 3.63) is 54.2 Å². The van der Waals surface area contributed by atoms with Crippen LogP contribution in [0.1, 0.15) is 44.2 Å². The van der Waals surface area contributed by atoms with E-state index in [4.69, 9.17) is 5.26 Å². The Morgan fingerprint density at radius 2 is 1.83 bits per heavy atom. The van der Waals surface area contributed by atoms with Crippen molar-refractivity contribution in [1.29, 1.82) is 5.26 Å². The number of hydrogen-bond acceptors (Lipinski definition) is 3. The number of nitriles is 1. The van der Waals surface area contributed by atoms with Crippen molar-refractivity contribution in [2.24, 2.45) is 5.92 Å². The first kappa shape index (κ1) is 19.5. The molecule has 1 heterocycles. The Hall–Kier alpha value is -2.78. The van der Waals surface area contributed by atoms with E-state index in [0.29, 0.717) is 23.2 Å². The van der Waals surface area contributed by atoms with Crippen LogP contribution in [0, 0.1) is 17.2 Å². The standard InChI is InChI=1S/C23H25N3O2S/c1-16(18-5-3-4-6-18)26-15-22(19-9-7-17(14-24)8-10-19)21-12-11-20(13-23(21)26)25-29(2,27)28/h7-13,15-16,18,25H,3-6H2,1-2H3. The van der Waals surface area contributed by atoms with Crippen molar-refractivity contribution in [2.45, 2.75) is 38.6 Å². The van der Waals surface area contributed by atoms with E-state index < -0.39 is 10.0 Å². The molecule has 0 spiro atoms. The van der Waals surface area contributed by atoms with Crippen LogP contribution in [-0.2, 0) is 10.0 Å². The van der Waals surface area contributed by atoms with Crippen LogP contribution in [0.3, 0.4) is 0 Å². The summed E-state index contributed by atoms with van der Waals surface area (Å²) in [6, 6.07) is 15.8. The highest BCUT2D eigenvalue weighted by molar-refractivity contribution is 7.92. The van der Waals surface area contributed by atoms with Crippen LogP contribution >= 0.6 is 0 Å². The molecule has 1 atom stereocenters. The van der Waals surface area contributed by atoms with Gasteiger partial charge in [0.1, 0.15) is 0 Å². The molecule has 1 fully saturated rings. The van der Waals surface area contributed by atoms with Gasteiger partial charge >= 0.3 is 0 Å². The van der Waals surface area contributed by atoms with Crippen molar-refractivity contribution in [3.8, 4) is 17.2 Å². The lowest BCUT2D eigenvalue weighted by Gasteiger charge is -2.22. The predicted octanol–water partition coefficient (Wildman–Crippen LogP) is 5.30. The second-order valence-electron chi connectivity index (χ2n) is 8.03. The fourth-order valence-corrected chi connectivity index (χ4v) is 5.04. The van der Waals surface area contributed by atoms with Crippen LogP contribution < -0.4 is 4.72 Å². The molecule has 0 amide bonds. The molecule has 3 aromatic rings. The molecule has 2 aromatic carbocycles. The molecule has 6 heteroatoms. The van der Waals surface area contributed by atoms with Crippen molar-refractivity contribution >= 4 is 26.6 Å². The Labute approximate surface area is 172 Å². The zero-order valence-corrected chi connectivity index (χ0v) is 17.5. The maximum Gasteiger partial charge on any atom is 0.229 e. The highest BCUT2D eigenvalue weighted by atomic mass is 32.2. The van der Waals surface area contributed by atoms with E-state index in [-0.39, 0.29) is 0 Å². The van der Waals surface area contributed by atoms with Crippen LogP contribution in [0.2, 0.25) is 0 Å². The smallest absolute Gasteiger partial charge is 0.229 e. The molecule has 1 aliphatic rings. The fourth-order valence-electron chi connectivity index (χ4n) is 4.49. The zero-order chi connectivity index (χ0) is 20.6. The minimum Gasteiger partial charge on any atom is -0.344 e. The number of benzene rings is 2. The Balaban J connectivity index is 1.86. The van der Waals surface area contributed by atoms with Gasteiger partial charge in [-0.25, -0.2) is 8.42 Å². The maximum absolute atomic E-state index is 11.7. The summed E-state index contributed by atoms with van der Waals surface area (Å²) in [5.74, 6) is 0.630. The Morgan fingerprint density at radius 3 is 2.45 bits per heavy atom. The van der Waals surface area contributed by atoms with Crippen molar-refractivity contribution in [3.63, 3.8) is 0 Å². The fraction of sp³-hybridized carbons (Fsp3) is 0.348. The average Bonchev–Trinajstić information content (AvgIpc) is 3.34. The number of sulfonamides is 1. The summed E-state index contributed by atoms with van der Waals surface area (Å²) in [7, 11) is -3.34. The molecular formula is C23H25N3O2S. The number of anilines is 1. The van der Waals surface area contributed by atoms with Crippen LogP contribution in [-0.4, -0.2) is 19.2 Å². The molecule has 150 valence electrons. The molecule has 1 unspecified atom stereocenters. The average molecular weight is 408 g/mol. The summed E-state index contributed by atoms with van der Waals surface area (Å²) in [5, 5.41) is 10.2. The molecule has 0 bridgehead atoms. The van der Waals surface area contributed by atoms with Gasteiger partial charge in [0.25, 0.3) is 0 Å². The van der Waals surface area contributed by atoms with Gasteiger partial charge in [0.2, 0.25) is 10.0 Å². The summed E-state index contributed by atoms with van der Waals surface area (Å²) in [5.41, 5.74) is 4.38. The quantitative estimate of drug-likeness (QED) is 0.623. The van der Waals surface area contributed by atoms with Gasteiger partial charge in [0.05, 0.1) is 29.1 Å². The summed E-state index contributed by atoms with van der Waals surface area (Å²) in [4.78, 5) is 0. The molecule has 1 saturated carbocycles. The Morgan fingerprint density at radius 1 is 1.14 bits per heavy atom. The molecule has 0 radical (unpaired) electrons. The summed E-state index contributed by atoms with van der Waals surface area (Å²) < 4.78 is 28.3. The van der Waals surface area contributed by atoms with Gasteiger partial charge in [0, 0.05) is 23.2 Å². The predicted molar refractivity (Wildman–Crippen MR) is 117 cm³/mol. The third-order valence-corrected chi connectivity index (χ3v) is 6.59. The maximum atomic E-state index is 11.7. The van der Waals surface area contributed by atoms with Crippen molar-refractivity contribution in [1.82, 2.24) is 4.57 Å². The third-order valence-electron chi connectivity index (χ3n) is 5.98. The lowest BCUT2D eigenvalue weighted by atomic mass is 9.99. The van der Waals surface area contributed by atoms with E-state index >= 15 is 0 Å². The third kappa shape index (κ3) is 4.01. The van der Waals surface area contributed by atoms with Gasteiger partial charge in [-0.05, 0) is 55.5 Å². The number of fused-ring (bicyclic) bond motifs is 1. The largest absolute Gasteiger partial charge is 0.344 e. The molecule has 29 heavy (non-hydrogen) atoms. The number of aromatic nitrogens is 1. The lowest BCUT2D eigenvalue weighted by molar-refractivity contribution is 0.369. The molecule has 1 N–H and O–H groups in total. The van der Waals surface area contributed by atoms with Crippen LogP contribution in [0.25, 0.3) is 22.0 Å². The number of nitrogens with zero attached hydrogens (tertiary/aromatic N) is 2. The zero-order valence-electron chi connectivity index (χ0n) is 16.7. The number of hydrogen-bond donors (Lipinski definition) is 1. The van der Waals surface area contributed by atoms with E-state index in [0.717, 1.165) is 22.0 Å². The number of rotatable bonds is 5. The molecule has 1 aliphatic carbocycles. The summed E-state index contributed by atoms with van der Waals surface area (Å²) in [6.45, 7) is 2.26. The minimum absolute atomic E-state index is 0.334. The molecule has 4 rings (SSSR count). The highest BCUT2D eigenvalue weighted by Crippen LogP contribution is 2.40. The lowest BCUT2D eigenvalue weighted by Crippen LogP contribution is -2.13. The van der Waals surface area contributed by atoms with Gasteiger partial charge in [0.15, 0.2) is 0 Å². The van der Waals surface area contributed by atoms with Crippen molar-refractivity contribution in [2.75, 3.05) is 11.0 Å². The van der Waals surface area contributed by atoms with E-state index in [1.54, 1.807) is 6.07 Å². The molecule has 1 aromatic heterocycles. The molecule has 0 saturated heterocycles. The minimum atomic E-state index is -3.34. The van der Waals surface area contributed by atoms with Gasteiger partial charge in [-0.1, -0.05) is 31.0 Å². The monoisotopic (exact) mass is 407 g/mol. The van der Waals surface area contributed by atoms with Crippen LogP contribution in [0.4, 0.5) is 5.69 Å². The molecule has 5 nitrogen and oxygen atoms in total. The first-order valence-corrected chi connectivity index (χ1v) is 11.9. The molecule has 0 aliphatic heterocycles. The second-order valence-corrected chi connectivity index (χ2v) is 9.78. The van der Waals surface area contributed by atoms with Gasteiger partial charge < -0.3 is 4.57 Å². The van der Waals surface area contributed by atoms with E-state index in [1.165, 1.54) is 31.9 Å². The first-order chi connectivity index (χ1) is 13.9. The van der Waals surface area contributed by atoms with Gasteiger partial charge in [-0.15, -0.1) is 0 Å². The van der Waals surface area contributed by atoms with E-state index in [1.807, 2.05) is 36.4 Å². The number of nitrogens with one attached hydrogen (secondary N) is 1. The topological polar surface area (TPSA) is 74.9 Å². The second kappa shape index (κ2) is 7.57. The molecular weight excluding hydrogens is 382 g/mol. The van der Waals surface area contributed by atoms with Gasteiger partial charge in [-0.3, -0.25) is 4.72 Å². The van der Waals surface area contributed by atoms with Gasteiger partial charge in [-0.2, -0.15) is 5.26 Å². The van der Waals surface area contributed by atoms with Crippen LogP contribution in [0.15, 0.2) is 48.7 Å². The Bertz CT molecular complexity index is 1180.